The fourth-order valence-corrected chi connectivity index (χ4v) is 2.51. The number of rotatable bonds is 2. The standard InChI is InChI=1S/C11H11NO5S/c1-2-16-11(13)10-6-7-5-8(12)3-4-9(7)17-18(10,14)15/h3-6H,2,12H2,1H3. The van der Waals surface area contributed by atoms with Crippen LogP contribution in [0.2, 0.25) is 0 Å². The van der Waals surface area contributed by atoms with Gasteiger partial charge < -0.3 is 14.7 Å². The zero-order valence-corrected chi connectivity index (χ0v) is 10.4. The molecule has 0 unspecified atom stereocenters. The Labute approximate surface area is 104 Å². The molecule has 1 aromatic rings. The molecule has 1 aromatic carbocycles. The van der Waals surface area contributed by atoms with Crippen molar-refractivity contribution >= 4 is 27.9 Å². The number of hydrogen-bond donors (Lipinski definition) is 1. The largest absolute Gasteiger partial charge is 0.462 e. The number of carbonyl (C=O) groups excluding carboxylic acids is 1. The lowest BCUT2D eigenvalue weighted by Crippen LogP contribution is -2.23. The molecule has 2 N–H and O–H groups in total. The van der Waals surface area contributed by atoms with Gasteiger partial charge in [0.15, 0.2) is 4.91 Å². The number of esters is 1. The second-order valence-corrected chi connectivity index (χ2v) is 5.08. The molecule has 1 heterocycles. The van der Waals surface area contributed by atoms with E-state index in [0.717, 1.165) is 0 Å². The number of nitrogen functional groups attached to an aromatic ring is 1. The van der Waals surface area contributed by atoms with E-state index in [0.29, 0.717) is 11.3 Å². The fraction of sp³-hybridized carbons (Fsp3) is 0.182. The molecule has 0 amide bonds. The molecule has 18 heavy (non-hydrogen) atoms. The molecule has 0 atom stereocenters. The Hall–Kier alpha value is -2.02. The summed E-state index contributed by atoms with van der Waals surface area (Å²) in [5, 5.41) is 0. The zero-order chi connectivity index (χ0) is 13.3. The SMILES string of the molecule is CCOC(=O)C1=Cc2cc(N)ccc2OS1(=O)=O. The summed E-state index contributed by atoms with van der Waals surface area (Å²) >= 11 is 0. The molecule has 96 valence electrons. The first-order valence-electron chi connectivity index (χ1n) is 5.17. The predicted molar refractivity (Wildman–Crippen MR) is 65.0 cm³/mol. The molecule has 1 aliphatic heterocycles. The Morgan fingerprint density at radius 2 is 2.17 bits per heavy atom. The van der Waals surface area contributed by atoms with Crippen LogP contribution in [0, 0.1) is 0 Å². The summed E-state index contributed by atoms with van der Waals surface area (Å²) < 4.78 is 32.9. The van der Waals surface area contributed by atoms with Gasteiger partial charge in [0.05, 0.1) is 6.61 Å². The molecule has 0 bridgehead atoms. The Balaban J connectivity index is 2.54. The first-order valence-corrected chi connectivity index (χ1v) is 6.57. The lowest BCUT2D eigenvalue weighted by molar-refractivity contribution is -0.137. The molecule has 0 aromatic heterocycles. The minimum absolute atomic E-state index is 0.0788. The zero-order valence-electron chi connectivity index (χ0n) is 9.54. The van der Waals surface area contributed by atoms with Gasteiger partial charge in [0.2, 0.25) is 0 Å². The van der Waals surface area contributed by atoms with Crippen LogP contribution in [-0.4, -0.2) is 21.0 Å². The van der Waals surface area contributed by atoms with Gasteiger partial charge in [0.25, 0.3) is 0 Å². The molecule has 2 rings (SSSR count). The maximum absolute atomic E-state index is 11.7. The Morgan fingerprint density at radius 3 is 2.83 bits per heavy atom. The van der Waals surface area contributed by atoms with E-state index in [9.17, 15) is 13.2 Å². The van der Waals surface area contributed by atoms with Gasteiger partial charge >= 0.3 is 16.1 Å². The molecule has 0 saturated carbocycles. The van der Waals surface area contributed by atoms with E-state index in [-0.39, 0.29) is 12.4 Å². The van der Waals surface area contributed by atoms with Crippen LogP contribution >= 0.6 is 0 Å². The van der Waals surface area contributed by atoms with Crippen LogP contribution in [0.1, 0.15) is 12.5 Å². The van der Waals surface area contributed by atoms with E-state index in [1.807, 2.05) is 0 Å². The van der Waals surface area contributed by atoms with Crippen LogP contribution in [0.5, 0.6) is 5.75 Å². The van der Waals surface area contributed by atoms with E-state index in [2.05, 4.69) is 4.74 Å². The fourth-order valence-electron chi connectivity index (χ4n) is 1.50. The molecule has 0 aliphatic carbocycles. The van der Waals surface area contributed by atoms with Crippen LogP contribution in [0.25, 0.3) is 6.08 Å². The van der Waals surface area contributed by atoms with Crippen LogP contribution in [0.15, 0.2) is 23.1 Å². The summed E-state index contributed by atoms with van der Waals surface area (Å²) in [5.41, 5.74) is 6.44. The Kier molecular flexibility index (Phi) is 3.00. The molecule has 6 nitrogen and oxygen atoms in total. The minimum atomic E-state index is -4.13. The third kappa shape index (κ3) is 2.17. The highest BCUT2D eigenvalue weighted by atomic mass is 32.2. The van der Waals surface area contributed by atoms with E-state index in [4.69, 9.17) is 9.92 Å². The summed E-state index contributed by atoms with van der Waals surface area (Å²) in [4.78, 5) is 11.0. The highest BCUT2D eigenvalue weighted by molar-refractivity contribution is 7.92. The van der Waals surface area contributed by atoms with Crippen molar-refractivity contribution in [2.75, 3.05) is 12.3 Å². The first kappa shape index (κ1) is 12.4. The van der Waals surface area contributed by atoms with Gasteiger partial charge in [-0.15, -0.1) is 0 Å². The monoisotopic (exact) mass is 269 g/mol. The quantitative estimate of drug-likeness (QED) is 0.486. The first-order chi connectivity index (χ1) is 8.44. The van der Waals surface area contributed by atoms with E-state index >= 15 is 0 Å². The number of anilines is 1. The number of carbonyl (C=O) groups is 1. The number of ether oxygens (including phenoxy) is 1. The van der Waals surface area contributed by atoms with Gasteiger partial charge in [-0.1, -0.05) is 0 Å². The van der Waals surface area contributed by atoms with Gasteiger partial charge in [-0.05, 0) is 31.2 Å². The Morgan fingerprint density at radius 1 is 1.44 bits per heavy atom. The second-order valence-electron chi connectivity index (χ2n) is 3.56. The maximum atomic E-state index is 11.7. The van der Waals surface area contributed by atoms with Crippen molar-refractivity contribution in [2.24, 2.45) is 0 Å². The van der Waals surface area contributed by atoms with Crippen molar-refractivity contribution < 1.29 is 22.1 Å². The maximum Gasteiger partial charge on any atom is 0.353 e. The van der Waals surface area contributed by atoms with E-state index in [1.165, 1.54) is 24.3 Å². The third-order valence-electron chi connectivity index (χ3n) is 2.27. The molecular weight excluding hydrogens is 258 g/mol. The third-order valence-corrected chi connectivity index (χ3v) is 3.49. The lowest BCUT2D eigenvalue weighted by Gasteiger charge is -2.16. The average molecular weight is 269 g/mol. The molecular formula is C11H11NO5S. The van der Waals surface area contributed by atoms with Crippen LogP contribution < -0.4 is 9.92 Å². The number of fused-ring (bicyclic) bond motifs is 1. The average Bonchev–Trinajstić information content (AvgIpc) is 2.28. The topological polar surface area (TPSA) is 95.7 Å². The molecule has 0 saturated heterocycles. The van der Waals surface area contributed by atoms with E-state index < -0.39 is 21.0 Å². The number of hydrogen-bond acceptors (Lipinski definition) is 6. The van der Waals surface area contributed by atoms with Crippen molar-refractivity contribution in [3.63, 3.8) is 0 Å². The molecule has 0 fully saturated rings. The van der Waals surface area contributed by atoms with E-state index in [1.54, 1.807) is 6.92 Å². The van der Waals surface area contributed by atoms with Crippen molar-refractivity contribution in [3.05, 3.63) is 28.7 Å². The van der Waals surface area contributed by atoms with Crippen LogP contribution in [-0.2, 0) is 19.6 Å². The second kappa shape index (κ2) is 4.34. The predicted octanol–water partition coefficient (Wildman–Crippen LogP) is 0.895. The number of nitrogens with two attached hydrogens (primary N) is 1. The summed E-state index contributed by atoms with van der Waals surface area (Å²) in [6.45, 7) is 1.66. The molecule has 0 spiro atoms. The highest BCUT2D eigenvalue weighted by Gasteiger charge is 2.32. The number of benzene rings is 1. The van der Waals surface area contributed by atoms with Crippen molar-refractivity contribution in [3.8, 4) is 5.75 Å². The summed E-state index contributed by atoms with van der Waals surface area (Å²) in [6.07, 6.45) is 1.20. The van der Waals surface area contributed by atoms with Crippen molar-refractivity contribution in [1.82, 2.24) is 0 Å². The lowest BCUT2D eigenvalue weighted by atomic mass is 10.1. The van der Waals surface area contributed by atoms with Crippen LogP contribution in [0.3, 0.4) is 0 Å². The highest BCUT2D eigenvalue weighted by Crippen LogP contribution is 2.32. The Bertz CT molecular complexity index is 633. The summed E-state index contributed by atoms with van der Waals surface area (Å²) in [6, 6.07) is 4.46. The van der Waals surface area contributed by atoms with Gasteiger partial charge in [-0.3, -0.25) is 0 Å². The van der Waals surface area contributed by atoms with Gasteiger partial charge in [-0.2, -0.15) is 8.42 Å². The molecule has 0 radical (unpaired) electrons. The molecule has 1 aliphatic rings. The van der Waals surface area contributed by atoms with Crippen molar-refractivity contribution in [2.45, 2.75) is 6.92 Å². The smallest absolute Gasteiger partial charge is 0.353 e. The normalized spacial score (nSPS) is 16.2. The van der Waals surface area contributed by atoms with Gasteiger partial charge in [0, 0.05) is 11.3 Å². The van der Waals surface area contributed by atoms with Crippen molar-refractivity contribution in [1.29, 1.82) is 0 Å². The van der Waals surface area contributed by atoms with Crippen LogP contribution in [0.4, 0.5) is 5.69 Å². The van der Waals surface area contributed by atoms with Gasteiger partial charge in [0.1, 0.15) is 5.75 Å². The summed E-state index contributed by atoms with van der Waals surface area (Å²) in [5.74, 6) is -0.803. The van der Waals surface area contributed by atoms with Gasteiger partial charge in [-0.25, -0.2) is 4.79 Å². The molecule has 7 heteroatoms. The summed E-state index contributed by atoms with van der Waals surface area (Å²) in [7, 11) is -4.13. The minimum Gasteiger partial charge on any atom is -0.462 e.